The second-order valence-electron chi connectivity index (χ2n) is 4.99. The first-order chi connectivity index (χ1) is 7.18. The number of nitrogens with zero attached hydrogens (tertiary/aromatic N) is 1. The number of hydrogen-bond acceptors (Lipinski definition) is 2. The molecule has 0 atom stereocenters. The van der Waals surface area contributed by atoms with Gasteiger partial charge in [-0.3, -0.25) is 0 Å². The van der Waals surface area contributed by atoms with E-state index < -0.39 is 0 Å². The Morgan fingerprint density at radius 1 is 1.40 bits per heavy atom. The van der Waals surface area contributed by atoms with Gasteiger partial charge in [0.05, 0.1) is 5.60 Å². The van der Waals surface area contributed by atoms with Crippen molar-refractivity contribution in [3.05, 3.63) is 29.3 Å². The molecule has 0 spiro atoms. The molecule has 0 amide bonds. The molecule has 15 heavy (non-hydrogen) atoms. The number of benzene rings is 1. The van der Waals surface area contributed by atoms with Gasteiger partial charge in [-0.1, -0.05) is 12.1 Å². The second kappa shape index (κ2) is 2.99. The summed E-state index contributed by atoms with van der Waals surface area (Å²) < 4.78 is 0. The molecule has 3 rings (SSSR count). The Kier molecular flexibility index (Phi) is 1.84. The third kappa shape index (κ3) is 1.53. The minimum Gasteiger partial charge on any atom is -0.390 e. The van der Waals surface area contributed by atoms with Crippen LogP contribution in [0.25, 0.3) is 0 Å². The predicted octanol–water partition coefficient (Wildman–Crippen LogP) is 1.75. The van der Waals surface area contributed by atoms with E-state index >= 15 is 0 Å². The zero-order chi connectivity index (χ0) is 10.5. The number of aliphatic hydroxyl groups is 1. The van der Waals surface area contributed by atoms with Gasteiger partial charge in [0.1, 0.15) is 0 Å². The average molecular weight is 203 g/mol. The Morgan fingerprint density at radius 2 is 2.20 bits per heavy atom. The average Bonchev–Trinajstić information content (AvgIpc) is 2.81. The summed E-state index contributed by atoms with van der Waals surface area (Å²) in [4.78, 5) is 2.30. The fourth-order valence-corrected chi connectivity index (χ4v) is 2.51. The lowest BCUT2D eigenvalue weighted by Crippen LogP contribution is -2.12. The molecule has 1 aliphatic heterocycles. The Balaban J connectivity index is 1.95. The zero-order valence-corrected chi connectivity index (χ0v) is 9.16. The predicted molar refractivity (Wildman–Crippen MR) is 61.3 cm³/mol. The normalized spacial score (nSPS) is 21.6. The number of anilines is 1. The summed E-state index contributed by atoms with van der Waals surface area (Å²) in [5.74, 6) is 0. The quantitative estimate of drug-likeness (QED) is 0.791. The van der Waals surface area contributed by atoms with Gasteiger partial charge in [-0.05, 0) is 36.5 Å². The molecule has 0 unspecified atom stereocenters. The molecule has 0 bridgehead atoms. The summed E-state index contributed by atoms with van der Waals surface area (Å²) in [7, 11) is 2.14. The van der Waals surface area contributed by atoms with Crippen molar-refractivity contribution in [2.45, 2.75) is 31.3 Å². The Bertz CT molecular complexity index is 396. The van der Waals surface area contributed by atoms with E-state index in [2.05, 4.69) is 30.1 Å². The first-order valence-corrected chi connectivity index (χ1v) is 5.72. The van der Waals surface area contributed by atoms with Crippen LogP contribution in [0.5, 0.6) is 0 Å². The van der Waals surface area contributed by atoms with E-state index in [1.807, 2.05) is 0 Å². The van der Waals surface area contributed by atoms with E-state index in [0.29, 0.717) is 0 Å². The van der Waals surface area contributed by atoms with Crippen molar-refractivity contribution < 1.29 is 5.11 Å². The third-order valence-corrected chi connectivity index (χ3v) is 3.70. The maximum Gasteiger partial charge on any atom is 0.0690 e. The van der Waals surface area contributed by atoms with Gasteiger partial charge in [-0.25, -0.2) is 0 Å². The van der Waals surface area contributed by atoms with Crippen molar-refractivity contribution in [3.63, 3.8) is 0 Å². The highest BCUT2D eigenvalue weighted by Crippen LogP contribution is 2.40. The summed E-state index contributed by atoms with van der Waals surface area (Å²) in [6, 6.07) is 6.47. The molecular formula is C13H17NO. The van der Waals surface area contributed by atoms with Crippen LogP contribution >= 0.6 is 0 Å². The fraction of sp³-hybridized carbons (Fsp3) is 0.538. The lowest BCUT2D eigenvalue weighted by molar-refractivity contribution is 0.151. The molecule has 1 aromatic carbocycles. The van der Waals surface area contributed by atoms with Gasteiger partial charge < -0.3 is 10.0 Å². The molecule has 2 nitrogen and oxygen atoms in total. The van der Waals surface area contributed by atoms with Gasteiger partial charge in [0, 0.05) is 25.7 Å². The molecule has 2 heteroatoms. The van der Waals surface area contributed by atoms with Crippen LogP contribution in [0.15, 0.2) is 18.2 Å². The Morgan fingerprint density at radius 3 is 2.93 bits per heavy atom. The summed E-state index contributed by atoms with van der Waals surface area (Å²) >= 11 is 0. The molecule has 1 aliphatic carbocycles. The van der Waals surface area contributed by atoms with E-state index in [9.17, 15) is 5.11 Å². The first kappa shape index (κ1) is 9.22. The topological polar surface area (TPSA) is 23.5 Å². The van der Waals surface area contributed by atoms with Crippen LogP contribution in [0.2, 0.25) is 0 Å². The lowest BCUT2D eigenvalue weighted by Gasteiger charge is -2.14. The highest BCUT2D eigenvalue weighted by Gasteiger charge is 2.40. The molecule has 1 saturated carbocycles. The van der Waals surface area contributed by atoms with Crippen molar-refractivity contribution in [2.24, 2.45) is 0 Å². The van der Waals surface area contributed by atoms with Crippen molar-refractivity contribution >= 4 is 5.69 Å². The maximum absolute atomic E-state index is 9.97. The smallest absolute Gasteiger partial charge is 0.0690 e. The van der Waals surface area contributed by atoms with Crippen molar-refractivity contribution in [1.82, 2.24) is 0 Å². The third-order valence-electron chi connectivity index (χ3n) is 3.70. The van der Waals surface area contributed by atoms with Crippen LogP contribution in [0.1, 0.15) is 24.0 Å². The van der Waals surface area contributed by atoms with Crippen molar-refractivity contribution in [1.29, 1.82) is 0 Å². The van der Waals surface area contributed by atoms with E-state index in [1.165, 1.54) is 16.8 Å². The van der Waals surface area contributed by atoms with Gasteiger partial charge in [0.25, 0.3) is 0 Å². The van der Waals surface area contributed by atoms with Gasteiger partial charge in [-0.2, -0.15) is 0 Å². The molecule has 0 radical (unpaired) electrons. The molecule has 0 aromatic heterocycles. The van der Waals surface area contributed by atoms with Gasteiger partial charge in [0.15, 0.2) is 0 Å². The monoisotopic (exact) mass is 203 g/mol. The van der Waals surface area contributed by atoms with Crippen LogP contribution in [0.3, 0.4) is 0 Å². The second-order valence-corrected chi connectivity index (χ2v) is 4.99. The standard InChI is InChI=1S/C13H17NO/c1-14-8-5-11-10(3-2-4-12(11)14)9-13(15)6-7-13/h2-4,15H,5-9H2,1H3. The molecule has 1 heterocycles. The maximum atomic E-state index is 9.97. The lowest BCUT2D eigenvalue weighted by atomic mass is 9.98. The highest BCUT2D eigenvalue weighted by molar-refractivity contribution is 5.60. The van der Waals surface area contributed by atoms with Crippen LogP contribution < -0.4 is 4.90 Å². The van der Waals surface area contributed by atoms with Gasteiger partial charge in [0.2, 0.25) is 0 Å². The minimum atomic E-state index is -0.365. The van der Waals surface area contributed by atoms with E-state index in [-0.39, 0.29) is 5.60 Å². The molecular weight excluding hydrogens is 186 g/mol. The summed E-state index contributed by atoms with van der Waals surface area (Å²) in [6.45, 7) is 1.12. The largest absolute Gasteiger partial charge is 0.390 e. The van der Waals surface area contributed by atoms with Crippen LogP contribution in [0, 0.1) is 0 Å². The van der Waals surface area contributed by atoms with Gasteiger partial charge >= 0.3 is 0 Å². The first-order valence-electron chi connectivity index (χ1n) is 5.72. The molecule has 1 aromatic rings. The number of fused-ring (bicyclic) bond motifs is 1. The summed E-state index contributed by atoms with van der Waals surface area (Å²) in [6.07, 6.45) is 3.95. The van der Waals surface area contributed by atoms with Crippen LogP contribution in [-0.2, 0) is 12.8 Å². The van der Waals surface area contributed by atoms with E-state index in [0.717, 1.165) is 32.2 Å². The SMILES string of the molecule is CN1CCc2c(CC3(O)CC3)cccc21. The Labute approximate surface area is 90.5 Å². The number of likely N-dealkylation sites (N-methyl/N-ethyl adjacent to an activating group) is 1. The fourth-order valence-electron chi connectivity index (χ4n) is 2.51. The van der Waals surface area contributed by atoms with E-state index in [1.54, 1.807) is 0 Å². The molecule has 80 valence electrons. The van der Waals surface area contributed by atoms with E-state index in [4.69, 9.17) is 0 Å². The van der Waals surface area contributed by atoms with Crippen LogP contribution in [0.4, 0.5) is 5.69 Å². The highest BCUT2D eigenvalue weighted by atomic mass is 16.3. The molecule has 0 saturated heterocycles. The van der Waals surface area contributed by atoms with Gasteiger partial charge in [-0.15, -0.1) is 0 Å². The summed E-state index contributed by atoms with van der Waals surface area (Å²) in [5.41, 5.74) is 3.81. The molecule has 1 fully saturated rings. The summed E-state index contributed by atoms with van der Waals surface area (Å²) in [5, 5.41) is 9.97. The Hall–Kier alpha value is -1.02. The molecule has 1 N–H and O–H groups in total. The van der Waals surface area contributed by atoms with Crippen molar-refractivity contribution in [3.8, 4) is 0 Å². The zero-order valence-electron chi connectivity index (χ0n) is 9.16. The number of rotatable bonds is 2. The van der Waals surface area contributed by atoms with Crippen molar-refractivity contribution in [2.75, 3.05) is 18.5 Å². The molecule has 2 aliphatic rings. The van der Waals surface area contributed by atoms with Crippen LogP contribution in [-0.4, -0.2) is 24.3 Å². The number of hydrogen-bond donors (Lipinski definition) is 1. The minimum absolute atomic E-state index is 0.365.